The van der Waals surface area contributed by atoms with Crippen LogP contribution in [0.15, 0.2) is 24.3 Å². The lowest BCUT2D eigenvalue weighted by atomic mass is 9.84. The second-order valence-corrected chi connectivity index (χ2v) is 9.15. The van der Waals surface area contributed by atoms with Crippen molar-refractivity contribution >= 4 is 34.2 Å². The van der Waals surface area contributed by atoms with Crippen LogP contribution in [0.2, 0.25) is 5.02 Å². The van der Waals surface area contributed by atoms with Crippen molar-refractivity contribution in [3.63, 3.8) is 0 Å². The fourth-order valence-electron chi connectivity index (χ4n) is 4.19. The number of halogens is 1. The van der Waals surface area contributed by atoms with Crippen LogP contribution in [0, 0.1) is 5.92 Å². The highest BCUT2D eigenvalue weighted by Crippen LogP contribution is 2.40. The van der Waals surface area contributed by atoms with E-state index in [1.807, 2.05) is 0 Å². The Bertz CT molecular complexity index is 712. The summed E-state index contributed by atoms with van der Waals surface area (Å²) in [4.78, 5) is 27.7. The van der Waals surface area contributed by atoms with Gasteiger partial charge in [-0.25, -0.2) is 0 Å². The second-order valence-electron chi connectivity index (χ2n) is 7.15. The van der Waals surface area contributed by atoms with Gasteiger partial charge in [-0.15, -0.1) is 0 Å². The van der Waals surface area contributed by atoms with Gasteiger partial charge in [0.15, 0.2) is 0 Å². The van der Waals surface area contributed by atoms with Crippen LogP contribution < -0.4 is 5.32 Å². The van der Waals surface area contributed by atoms with Crippen molar-refractivity contribution in [2.45, 2.75) is 44.2 Å². The summed E-state index contributed by atoms with van der Waals surface area (Å²) in [5.41, 5.74) is 0.524. The molecule has 26 heavy (non-hydrogen) atoms. The first-order valence-corrected chi connectivity index (χ1v) is 11.2. The molecule has 1 aliphatic heterocycles. The molecule has 0 radical (unpaired) electrons. The molecule has 5 nitrogen and oxygen atoms in total. The quantitative estimate of drug-likeness (QED) is 0.831. The Balaban J connectivity index is 1.80. The lowest BCUT2D eigenvalue weighted by Gasteiger charge is -2.33. The summed E-state index contributed by atoms with van der Waals surface area (Å²) >= 11 is 6.05. The molecule has 2 aliphatic rings. The molecule has 3 rings (SSSR count). The minimum absolute atomic E-state index is 0.117. The molecule has 1 aromatic rings. The van der Waals surface area contributed by atoms with Crippen LogP contribution in [-0.4, -0.2) is 51.6 Å². The van der Waals surface area contributed by atoms with Gasteiger partial charge in [0.2, 0.25) is 5.91 Å². The van der Waals surface area contributed by atoms with E-state index in [4.69, 9.17) is 11.6 Å². The summed E-state index contributed by atoms with van der Waals surface area (Å²) in [6.07, 6.45) is 6.57. The Hall–Kier alpha value is -1.40. The highest BCUT2D eigenvalue weighted by molar-refractivity contribution is 7.84. The molecule has 1 aromatic carbocycles. The highest BCUT2D eigenvalue weighted by Gasteiger charge is 2.47. The standard InChI is InChI=1S/C19H25ClN2O3S/c1-26(25)10-9-21-18(23)17-12-13-5-2-3-8-16(13)22(17)19(24)14-6-4-7-15(20)11-14/h4,6-7,11,13,16-17H,2-3,5,8-10,12H2,1H3,(H,21,23)/t13-,16+,17-,26-/m0/s1. The third-order valence-corrected chi connectivity index (χ3v) is 6.40. The molecular weight excluding hydrogens is 372 g/mol. The van der Waals surface area contributed by atoms with E-state index < -0.39 is 16.8 Å². The Morgan fingerprint density at radius 1 is 1.31 bits per heavy atom. The number of benzene rings is 1. The van der Waals surface area contributed by atoms with E-state index in [1.165, 1.54) is 0 Å². The summed E-state index contributed by atoms with van der Waals surface area (Å²) in [6, 6.07) is 6.57. The molecule has 7 heteroatoms. The monoisotopic (exact) mass is 396 g/mol. The maximum Gasteiger partial charge on any atom is 0.254 e. The third kappa shape index (κ3) is 4.29. The highest BCUT2D eigenvalue weighted by atomic mass is 35.5. The Labute approximate surface area is 161 Å². The van der Waals surface area contributed by atoms with Crippen molar-refractivity contribution < 1.29 is 13.8 Å². The zero-order valence-electron chi connectivity index (χ0n) is 14.9. The molecule has 1 saturated heterocycles. The molecule has 2 fully saturated rings. The van der Waals surface area contributed by atoms with Gasteiger partial charge in [0.25, 0.3) is 5.91 Å². The number of rotatable bonds is 5. The first-order valence-electron chi connectivity index (χ1n) is 9.13. The molecule has 1 N–H and O–H groups in total. The van der Waals surface area contributed by atoms with Crippen LogP contribution >= 0.6 is 11.6 Å². The van der Waals surface area contributed by atoms with Gasteiger partial charge in [-0.3, -0.25) is 13.8 Å². The molecule has 4 atom stereocenters. The van der Waals surface area contributed by atoms with Crippen LogP contribution in [0.4, 0.5) is 0 Å². The summed E-state index contributed by atoms with van der Waals surface area (Å²) in [5.74, 6) is 0.539. The second kappa shape index (κ2) is 8.53. The zero-order valence-corrected chi connectivity index (χ0v) is 16.5. The number of nitrogens with one attached hydrogen (secondary N) is 1. The summed E-state index contributed by atoms with van der Waals surface area (Å²) < 4.78 is 11.2. The topological polar surface area (TPSA) is 66.5 Å². The average Bonchev–Trinajstić information content (AvgIpc) is 3.00. The van der Waals surface area contributed by atoms with Gasteiger partial charge < -0.3 is 10.2 Å². The first kappa shape index (κ1) is 19.4. The SMILES string of the molecule is C[S@](=O)CCNC(=O)[C@@H]1C[C@@H]2CCCC[C@H]2N1C(=O)c1cccc(Cl)c1. The third-order valence-electron chi connectivity index (χ3n) is 5.39. The number of hydrogen-bond acceptors (Lipinski definition) is 3. The predicted molar refractivity (Wildman–Crippen MR) is 104 cm³/mol. The summed E-state index contributed by atoms with van der Waals surface area (Å²) in [6.45, 7) is 0.368. The van der Waals surface area contributed by atoms with Gasteiger partial charge in [-0.2, -0.15) is 0 Å². The fourth-order valence-corrected chi connectivity index (χ4v) is 4.77. The van der Waals surface area contributed by atoms with Crippen molar-refractivity contribution in [2.75, 3.05) is 18.6 Å². The zero-order chi connectivity index (χ0) is 18.7. The van der Waals surface area contributed by atoms with Crippen LogP contribution in [-0.2, 0) is 15.6 Å². The van der Waals surface area contributed by atoms with E-state index >= 15 is 0 Å². The number of carbonyl (C=O) groups is 2. The number of amides is 2. The van der Waals surface area contributed by atoms with Gasteiger partial charge >= 0.3 is 0 Å². The average molecular weight is 397 g/mol. The first-order chi connectivity index (χ1) is 12.5. The van der Waals surface area contributed by atoms with Gasteiger partial charge in [0, 0.05) is 46.0 Å². The van der Waals surface area contributed by atoms with E-state index in [2.05, 4.69) is 5.32 Å². The van der Waals surface area contributed by atoms with Crippen molar-refractivity contribution in [3.05, 3.63) is 34.9 Å². The molecule has 1 aliphatic carbocycles. The van der Waals surface area contributed by atoms with E-state index in [1.54, 1.807) is 35.4 Å². The molecule has 1 saturated carbocycles. The van der Waals surface area contributed by atoms with Crippen LogP contribution in [0.3, 0.4) is 0 Å². The van der Waals surface area contributed by atoms with Gasteiger partial charge in [-0.05, 0) is 43.4 Å². The smallest absolute Gasteiger partial charge is 0.254 e. The number of nitrogens with zero attached hydrogens (tertiary/aromatic N) is 1. The van der Waals surface area contributed by atoms with Crippen molar-refractivity contribution in [2.24, 2.45) is 5.92 Å². The van der Waals surface area contributed by atoms with E-state index in [-0.39, 0.29) is 17.9 Å². The lowest BCUT2D eigenvalue weighted by molar-refractivity contribution is -0.125. The van der Waals surface area contributed by atoms with Crippen LogP contribution in [0.1, 0.15) is 42.5 Å². The molecule has 142 valence electrons. The Morgan fingerprint density at radius 3 is 2.81 bits per heavy atom. The van der Waals surface area contributed by atoms with Gasteiger partial charge in [0.05, 0.1) is 0 Å². The largest absolute Gasteiger partial charge is 0.353 e. The molecule has 1 heterocycles. The molecule has 2 amide bonds. The predicted octanol–water partition coefficient (Wildman–Crippen LogP) is 2.61. The normalized spacial score (nSPS) is 26.2. The summed E-state index contributed by atoms with van der Waals surface area (Å²) in [7, 11) is -0.951. The van der Waals surface area contributed by atoms with Crippen molar-refractivity contribution in [1.82, 2.24) is 10.2 Å². The van der Waals surface area contributed by atoms with Crippen LogP contribution in [0.25, 0.3) is 0 Å². The number of likely N-dealkylation sites (tertiary alicyclic amines) is 1. The number of carbonyl (C=O) groups excluding carboxylic acids is 2. The molecule has 0 spiro atoms. The Kier molecular flexibility index (Phi) is 6.35. The van der Waals surface area contributed by atoms with E-state index in [9.17, 15) is 13.8 Å². The molecule has 0 aromatic heterocycles. The molecule has 0 bridgehead atoms. The minimum Gasteiger partial charge on any atom is -0.353 e. The maximum atomic E-state index is 13.2. The van der Waals surface area contributed by atoms with Crippen molar-refractivity contribution in [3.8, 4) is 0 Å². The van der Waals surface area contributed by atoms with Gasteiger partial charge in [-0.1, -0.05) is 30.5 Å². The summed E-state index contributed by atoms with van der Waals surface area (Å²) in [5, 5.41) is 3.38. The fraction of sp³-hybridized carbons (Fsp3) is 0.579. The maximum absolute atomic E-state index is 13.2. The van der Waals surface area contributed by atoms with E-state index in [0.29, 0.717) is 35.2 Å². The lowest BCUT2D eigenvalue weighted by Crippen LogP contribution is -2.50. The Morgan fingerprint density at radius 2 is 2.08 bits per heavy atom. The van der Waals surface area contributed by atoms with E-state index in [0.717, 1.165) is 25.7 Å². The molecule has 0 unspecified atom stereocenters. The van der Waals surface area contributed by atoms with Crippen molar-refractivity contribution in [1.29, 1.82) is 0 Å². The number of hydrogen-bond donors (Lipinski definition) is 1. The van der Waals surface area contributed by atoms with Gasteiger partial charge in [0.1, 0.15) is 6.04 Å². The molecular formula is C19H25ClN2O3S. The minimum atomic E-state index is -0.951. The number of fused-ring (bicyclic) bond motifs is 1. The van der Waals surface area contributed by atoms with Crippen LogP contribution in [0.5, 0.6) is 0 Å².